The van der Waals surface area contributed by atoms with E-state index in [-0.39, 0.29) is 18.3 Å². The number of rotatable bonds is 8. The molecule has 0 atom stereocenters. The zero-order valence-electron chi connectivity index (χ0n) is 15.4. The van der Waals surface area contributed by atoms with Gasteiger partial charge in [-0.15, -0.1) is 10.2 Å². The molecule has 146 valence electrons. The van der Waals surface area contributed by atoms with Crippen LogP contribution in [0.4, 0.5) is 4.39 Å². The van der Waals surface area contributed by atoms with Gasteiger partial charge in [0.15, 0.2) is 0 Å². The number of carbonyl (C=O) groups is 1. The fraction of sp³-hybridized carbons (Fsp3) is 0.250. The number of nitrogens with zero attached hydrogens (tertiary/aromatic N) is 3. The number of aromatic nitrogens is 2. The second-order valence-electron chi connectivity index (χ2n) is 6.21. The Balaban J connectivity index is 1.53. The second kappa shape index (κ2) is 9.43. The van der Waals surface area contributed by atoms with Crippen LogP contribution in [-0.2, 0) is 17.9 Å². The summed E-state index contributed by atoms with van der Waals surface area (Å²) in [6.07, 6.45) is 0. The number of likely N-dealkylation sites (N-methyl/N-ethyl adjacent to an activating group) is 1. The zero-order valence-corrected chi connectivity index (χ0v) is 16.1. The van der Waals surface area contributed by atoms with E-state index in [0.717, 1.165) is 5.56 Å². The average Bonchev–Trinajstić information content (AvgIpc) is 3.16. The molecule has 1 heterocycles. The Kier molecular flexibility index (Phi) is 6.73. The van der Waals surface area contributed by atoms with E-state index in [4.69, 9.17) is 16.0 Å². The number of hydrogen-bond acceptors (Lipinski definition) is 5. The Labute approximate surface area is 167 Å². The van der Waals surface area contributed by atoms with E-state index in [1.165, 1.54) is 12.1 Å². The largest absolute Gasteiger partial charge is 0.419 e. The molecule has 6 nitrogen and oxygen atoms in total. The first-order chi connectivity index (χ1) is 13.5. The normalized spacial score (nSPS) is 11.0. The maximum Gasteiger partial charge on any atom is 0.247 e. The fourth-order valence-electron chi connectivity index (χ4n) is 2.56. The lowest BCUT2D eigenvalue weighted by molar-refractivity contribution is -0.122. The third-order valence-electron chi connectivity index (χ3n) is 4.13. The van der Waals surface area contributed by atoms with Gasteiger partial charge in [0.25, 0.3) is 0 Å². The van der Waals surface area contributed by atoms with Crippen molar-refractivity contribution in [3.8, 4) is 11.5 Å². The van der Waals surface area contributed by atoms with E-state index in [1.807, 2.05) is 24.0 Å². The molecule has 0 aliphatic rings. The molecule has 0 spiro atoms. The van der Waals surface area contributed by atoms with Gasteiger partial charge in [0.1, 0.15) is 5.82 Å². The molecule has 8 heteroatoms. The lowest BCUT2D eigenvalue weighted by atomic mass is 10.2. The highest BCUT2D eigenvalue weighted by molar-refractivity contribution is 6.30. The second-order valence-corrected chi connectivity index (χ2v) is 6.65. The van der Waals surface area contributed by atoms with E-state index in [9.17, 15) is 9.18 Å². The molecule has 0 radical (unpaired) electrons. The topological polar surface area (TPSA) is 71.3 Å². The average molecular weight is 403 g/mol. The highest BCUT2D eigenvalue weighted by atomic mass is 35.5. The number of carbonyl (C=O) groups excluding carboxylic acids is 1. The van der Waals surface area contributed by atoms with E-state index in [0.29, 0.717) is 42.0 Å². The molecule has 3 rings (SSSR count). The summed E-state index contributed by atoms with van der Waals surface area (Å²) >= 11 is 5.86. The van der Waals surface area contributed by atoms with Crippen LogP contribution in [0.25, 0.3) is 11.5 Å². The molecule has 1 amide bonds. The van der Waals surface area contributed by atoms with Crippen molar-refractivity contribution in [1.29, 1.82) is 0 Å². The fourth-order valence-corrected chi connectivity index (χ4v) is 2.69. The number of benzene rings is 2. The molecule has 1 aromatic heterocycles. The summed E-state index contributed by atoms with van der Waals surface area (Å²) in [6, 6.07) is 13.1. The molecule has 3 aromatic rings. The van der Waals surface area contributed by atoms with Crippen molar-refractivity contribution in [2.24, 2.45) is 0 Å². The number of nitrogens with one attached hydrogen (secondary N) is 1. The van der Waals surface area contributed by atoms with E-state index >= 15 is 0 Å². The van der Waals surface area contributed by atoms with Gasteiger partial charge in [0, 0.05) is 17.1 Å². The van der Waals surface area contributed by atoms with Crippen molar-refractivity contribution >= 4 is 17.5 Å². The van der Waals surface area contributed by atoms with Crippen LogP contribution in [0.5, 0.6) is 0 Å². The van der Waals surface area contributed by atoms with Crippen molar-refractivity contribution in [2.75, 3.05) is 13.1 Å². The van der Waals surface area contributed by atoms with Gasteiger partial charge in [0.05, 0.1) is 13.1 Å². The maximum absolute atomic E-state index is 13.0. The van der Waals surface area contributed by atoms with Crippen LogP contribution in [0.15, 0.2) is 52.9 Å². The van der Waals surface area contributed by atoms with Crippen molar-refractivity contribution in [2.45, 2.75) is 20.0 Å². The molecule has 0 saturated carbocycles. The number of amides is 1. The first kappa shape index (κ1) is 20.0. The van der Waals surface area contributed by atoms with Crippen LogP contribution in [0.3, 0.4) is 0 Å². The van der Waals surface area contributed by atoms with Crippen LogP contribution in [0.2, 0.25) is 5.02 Å². The first-order valence-electron chi connectivity index (χ1n) is 8.85. The van der Waals surface area contributed by atoms with Crippen LogP contribution in [0, 0.1) is 5.82 Å². The molecule has 0 bridgehead atoms. The van der Waals surface area contributed by atoms with Gasteiger partial charge < -0.3 is 9.73 Å². The SMILES string of the molecule is CCN(CC(=O)NCc1ccc(Cl)cc1)Cc1nnc(-c2ccc(F)cc2)o1. The molecule has 0 saturated heterocycles. The highest BCUT2D eigenvalue weighted by Gasteiger charge is 2.14. The molecule has 28 heavy (non-hydrogen) atoms. The minimum Gasteiger partial charge on any atom is -0.419 e. The predicted octanol–water partition coefficient (Wildman–Crippen LogP) is 3.67. The van der Waals surface area contributed by atoms with Crippen molar-refractivity contribution < 1.29 is 13.6 Å². The maximum atomic E-state index is 13.0. The van der Waals surface area contributed by atoms with Crippen LogP contribution in [0.1, 0.15) is 18.4 Å². The van der Waals surface area contributed by atoms with Gasteiger partial charge in [-0.25, -0.2) is 4.39 Å². The van der Waals surface area contributed by atoms with Crippen molar-refractivity contribution in [1.82, 2.24) is 20.4 Å². The van der Waals surface area contributed by atoms with Crippen LogP contribution in [-0.4, -0.2) is 34.1 Å². The van der Waals surface area contributed by atoms with Crippen molar-refractivity contribution in [3.63, 3.8) is 0 Å². The zero-order chi connectivity index (χ0) is 19.9. The van der Waals surface area contributed by atoms with Gasteiger partial charge >= 0.3 is 0 Å². The third-order valence-corrected chi connectivity index (χ3v) is 4.39. The standard InChI is InChI=1S/C20H20ClFN4O2/c1-2-26(12-18(27)23-11-14-3-7-16(21)8-4-14)13-19-24-25-20(28-19)15-5-9-17(22)10-6-15/h3-10H,2,11-13H2,1H3,(H,23,27). The molecule has 0 fully saturated rings. The molecule has 0 aliphatic heterocycles. The quantitative estimate of drug-likeness (QED) is 0.622. The van der Waals surface area contributed by atoms with Gasteiger partial charge in [-0.1, -0.05) is 30.7 Å². The Morgan fingerprint density at radius 3 is 2.54 bits per heavy atom. The lowest BCUT2D eigenvalue weighted by Gasteiger charge is -2.17. The van der Waals surface area contributed by atoms with Gasteiger partial charge in [-0.2, -0.15) is 0 Å². The van der Waals surface area contributed by atoms with Gasteiger partial charge in [-0.05, 0) is 48.5 Å². The Morgan fingerprint density at radius 1 is 1.14 bits per heavy atom. The van der Waals surface area contributed by atoms with Gasteiger partial charge in [0.2, 0.25) is 17.7 Å². The summed E-state index contributed by atoms with van der Waals surface area (Å²) in [5, 5.41) is 11.5. The van der Waals surface area contributed by atoms with E-state index < -0.39 is 0 Å². The van der Waals surface area contributed by atoms with Crippen LogP contribution >= 0.6 is 11.6 Å². The summed E-state index contributed by atoms with van der Waals surface area (Å²) in [7, 11) is 0. The molecule has 0 aliphatic carbocycles. The van der Waals surface area contributed by atoms with Gasteiger partial charge in [-0.3, -0.25) is 9.69 Å². The Bertz CT molecular complexity index is 913. The Morgan fingerprint density at radius 2 is 1.86 bits per heavy atom. The minimum absolute atomic E-state index is 0.102. The molecule has 0 unspecified atom stereocenters. The Hall–Kier alpha value is -2.77. The molecule has 1 N–H and O–H groups in total. The summed E-state index contributed by atoms with van der Waals surface area (Å²) in [5.74, 6) is 0.283. The molecular weight excluding hydrogens is 383 g/mol. The third kappa shape index (κ3) is 5.61. The lowest BCUT2D eigenvalue weighted by Crippen LogP contribution is -2.36. The monoisotopic (exact) mass is 402 g/mol. The molecule has 2 aromatic carbocycles. The predicted molar refractivity (Wildman–Crippen MR) is 104 cm³/mol. The van der Waals surface area contributed by atoms with E-state index in [2.05, 4.69) is 15.5 Å². The first-order valence-corrected chi connectivity index (χ1v) is 9.23. The number of hydrogen-bond donors (Lipinski definition) is 1. The highest BCUT2D eigenvalue weighted by Crippen LogP contribution is 2.18. The smallest absolute Gasteiger partial charge is 0.247 e. The summed E-state index contributed by atoms with van der Waals surface area (Å²) in [6.45, 7) is 3.58. The minimum atomic E-state index is -0.328. The summed E-state index contributed by atoms with van der Waals surface area (Å²) in [4.78, 5) is 14.1. The van der Waals surface area contributed by atoms with Crippen LogP contribution < -0.4 is 5.32 Å². The van der Waals surface area contributed by atoms with E-state index in [1.54, 1.807) is 24.3 Å². The summed E-state index contributed by atoms with van der Waals surface area (Å²) in [5.41, 5.74) is 1.62. The van der Waals surface area contributed by atoms with Crippen molar-refractivity contribution in [3.05, 3.63) is 70.8 Å². The number of halogens is 2. The summed E-state index contributed by atoms with van der Waals surface area (Å²) < 4.78 is 18.7. The molecular formula is C20H20ClFN4O2.